The van der Waals surface area contributed by atoms with Crippen molar-refractivity contribution >= 4 is 17.6 Å². The van der Waals surface area contributed by atoms with Crippen LogP contribution in [0.2, 0.25) is 0 Å². The molecule has 1 aromatic carbocycles. The Labute approximate surface area is 162 Å². The molecule has 4 rings (SSSR count). The molecule has 28 heavy (non-hydrogen) atoms. The van der Waals surface area contributed by atoms with Crippen LogP contribution in [0.1, 0.15) is 39.5 Å². The van der Waals surface area contributed by atoms with Crippen molar-refractivity contribution < 1.29 is 9.59 Å². The molecule has 0 aliphatic carbocycles. The Kier molecular flexibility index (Phi) is 5.01. The number of hydrogen-bond acceptors (Lipinski definition) is 5. The molecule has 2 aromatic heterocycles. The van der Waals surface area contributed by atoms with Crippen LogP contribution in [0.25, 0.3) is 5.78 Å². The third-order valence-electron chi connectivity index (χ3n) is 5.11. The van der Waals surface area contributed by atoms with Crippen molar-refractivity contribution in [3.8, 4) is 0 Å². The second-order valence-electron chi connectivity index (χ2n) is 7.05. The van der Waals surface area contributed by atoms with Gasteiger partial charge in [-0.1, -0.05) is 18.2 Å². The number of rotatable bonds is 4. The number of nitrogens with one attached hydrogen (secondary N) is 1. The molecule has 144 valence electrons. The van der Waals surface area contributed by atoms with Crippen LogP contribution < -0.4 is 5.32 Å². The molecule has 0 radical (unpaired) electrons. The fraction of sp³-hybridized carbons (Fsp3) is 0.350. The predicted octanol–water partition coefficient (Wildman–Crippen LogP) is 1.71. The minimum Gasteiger partial charge on any atom is -0.349 e. The average molecular weight is 378 g/mol. The van der Waals surface area contributed by atoms with Gasteiger partial charge in [-0.3, -0.25) is 9.59 Å². The highest BCUT2D eigenvalue weighted by atomic mass is 16.2. The van der Waals surface area contributed by atoms with Gasteiger partial charge in [0.25, 0.3) is 17.6 Å². The number of benzene rings is 1. The lowest BCUT2D eigenvalue weighted by Gasteiger charge is -2.32. The van der Waals surface area contributed by atoms with Crippen LogP contribution in [0.4, 0.5) is 0 Å². The first-order valence-electron chi connectivity index (χ1n) is 9.43. The van der Waals surface area contributed by atoms with Crippen molar-refractivity contribution in [1.82, 2.24) is 29.8 Å². The largest absolute Gasteiger partial charge is 0.349 e. The van der Waals surface area contributed by atoms with Gasteiger partial charge in [-0.15, -0.1) is 5.10 Å². The third kappa shape index (κ3) is 3.71. The first kappa shape index (κ1) is 18.1. The van der Waals surface area contributed by atoms with Crippen molar-refractivity contribution in [3.05, 3.63) is 59.7 Å². The zero-order valence-corrected chi connectivity index (χ0v) is 15.7. The van der Waals surface area contributed by atoms with E-state index in [0.29, 0.717) is 31.3 Å². The van der Waals surface area contributed by atoms with Crippen LogP contribution in [-0.2, 0) is 0 Å². The van der Waals surface area contributed by atoms with Gasteiger partial charge in [-0.25, -0.2) is 9.50 Å². The lowest BCUT2D eigenvalue weighted by atomic mass is 9.96. The monoisotopic (exact) mass is 378 g/mol. The minimum absolute atomic E-state index is 0.0693. The first-order valence-corrected chi connectivity index (χ1v) is 9.43. The van der Waals surface area contributed by atoms with Crippen molar-refractivity contribution in [2.24, 2.45) is 5.92 Å². The number of piperidine rings is 1. The van der Waals surface area contributed by atoms with Crippen LogP contribution in [-0.4, -0.2) is 55.9 Å². The quantitative estimate of drug-likeness (QED) is 0.746. The number of carbonyl (C=O) groups is 2. The zero-order chi connectivity index (χ0) is 19.5. The second kappa shape index (κ2) is 7.75. The number of aryl methyl sites for hydroxylation is 1. The molecule has 1 fully saturated rings. The molecule has 8 nitrogen and oxygen atoms in total. The molecule has 1 aliphatic heterocycles. The standard InChI is InChI=1S/C20H22N6O2/c1-14-7-10-21-20-23-17(24-26(14)20)18(27)22-13-15-8-11-25(12-9-15)19(28)16-5-3-2-4-6-16/h2-7,10,15H,8-9,11-13H2,1H3,(H,22,27). The third-order valence-corrected chi connectivity index (χ3v) is 5.11. The van der Waals surface area contributed by atoms with E-state index in [1.54, 1.807) is 10.7 Å². The second-order valence-corrected chi connectivity index (χ2v) is 7.05. The number of carbonyl (C=O) groups excluding carboxylic acids is 2. The van der Waals surface area contributed by atoms with Crippen LogP contribution in [0.5, 0.6) is 0 Å². The number of likely N-dealkylation sites (tertiary alicyclic amines) is 1. The first-order chi connectivity index (χ1) is 13.6. The summed E-state index contributed by atoms with van der Waals surface area (Å²) in [6.45, 7) is 3.83. The maximum Gasteiger partial charge on any atom is 0.291 e. The maximum absolute atomic E-state index is 12.5. The van der Waals surface area contributed by atoms with Gasteiger partial charge in [0.15, 0.2) is 0 Å². The number of hydrogen-bond donors (Lipinski definition) is 1. The number of fused-ring (bicyclic) bond motifs is 1. The Morgan fingerprint density at radius 2 is 1.89 bits per heavy atom. The lowest BCUT2D eigenvalue weighted by Crippen LogP contribution is -2.41. The Morgan fingerprint density at radius 3 is 2.61 bits per heavy atom. The number of amides is 2. The molecule has 0 atom stereocenters. The van der Waals surface area contributed by atoms with Crippen molar-refractivity contribution in [2.45, 2.75) is 19.8 Å². The van der Waals surface area contributed by atoms with Gasteiger partial charge in [0, 0.05) is 37.1 Å². The van der Waals surface area contributed by atoms with Crippen molar-refractivity contribution in [3.63, 3.8) is 0 Å². The summed E-state index contributed by atoms with van der Waals surface area (Å²) in [5, 5.41) is 7.14. The molecule has 0 saturated carbocycles. The van der Waals surface area contributed by atoms with Gasteiger partial charge >= 0.3 is 0 Å². The number of aromatic nitrogens is 4. The SMILES string of the molecule is Cc1ccnc2nc(C(=O)NCC3CCN(C(=O)c4ccccc4)CC3)nn12. The van der Waals surface area contributed by atoms with Crippen LogP contribution in [0.3, 0.4) is 0 Å². The van der Waals surface area contributed by atoms with Crippen molar-refractivity contribution in [1.29, 1.82) is 0 Å². The Balaban J connectivity index is 1.29. The molecule has 1 aliphatic rings. The summed E-state index contributed by atoms with van der Waals surface area (Å²) in [4.78, 5) is 35.1. The molecule has 2 amide bonds. The molecular formula is C20H22N6O2. The van der Waals surface area contributed by atoms with Gasteiger partial charge in [0.2, 0.25) is 5.82 Å². The highest BCUT2D eigenvalue weighted by Crippen LogP contribution is 2.18. The summed E-state index contributed by atoms with van der Waals surface area (Å²) in [6, 6.07) is 11.1. The summed E-state index contributed by atoms with van der Waals surface area (Å²) in [6.07, 6.45) is 3.36. The summed E-state index contributed by atoms with van der Waals surface area (Å²) >= 11 is 0. The molecule has 3 aromatic rings. The fourth-order valence-corrected chi connectivity index (χ4v) is 3.42. The van der Waals surface area contributed by atoms with Gasteiger partial charge < -0.3 is 10.2 Å². The molecule has 0 bridgehead atoms. The van der Waals surface area contributed by atoms with E-state index in [0.717, 1.165) is 24.1 Å². The van der Waals surface area contributed by atoms with Gasteiger partial charge in [-0.05, 0) is 43.9 Å². The Morgan fingerprint density at radius 1 is 1.14 bits per heavy atom. The van der Waals surface area contributed by atoms with E-state index >= 15 is 0 Å². The van der Waals surface area contributed by atoms with Gasteiger partial charge in [0.1, 0.15) is 0 Å². The minimum atomic E-state index is -0.298. The average Bonchev–Trinajstić information content (AvgIpc) is 3.18. The molecule has 0 spiro atoms. The van der Waals surface area contributed by atoms with E-state index in [9.17, 15) is 9.59 Å². The highest BCUT2D eigenvalue weighted by molar-refractivity contribution is 5.94. The Hall–Kier alpha value is -3.29. The van der Waals surface area contributed by atoms with Crippen LogP contribution in [0, 0.1) is 12.8 Å². The number of nitrogens with zero attached hydrogens (tertiary/aromatic N) is 5. The van der Waals surface area contributed by atoms with Gasteiger partial charge in [0.05, 0.1) is 0 Å². The summed E-state index contributed by atoms with van der Waals surface area (Å²) in [5.74, 6) is 0.643. The maximum atomic E-state index is 12.5. The summed E-state index contributed by atoms with van der Waals surface area (Å²) in [5.41, 5.74) is 1.59. The van der Waals surface area contributed by atoms with Crippen molar-refractivity contribution in [2.75, 3.05) is 19.6 Å². The summed E-state index contributed by atoms with van der Waals surface area (Å²) in [7, 11) is 0. The van der Waals surface area contributed by atoms with E-state index in [1.807, 2.05) is 48.2 Å². The van der Waals surface area contributed by atoms with Crippen LogP contribution >= 0.6 is 0 Å². The van der Waals surface area contributed by atoms with Crippen LogP contribution in [0.15, 0.2) is 42.6 Å². The molecule has 1 saturated heterocycles. The lowest BCUT2D eigenvalue weighted by molar-refractivity contribution is 0.0684. The molecular weight excluding hydrogens is 356 g/mol. The van der Waals surface area contributed by atoms with E-state index in [4.69, 9.17) is 0 Å². The normalized spacial score (nSPS) is 15.0. The van der Waals surface area contributed by atoms with E-state index in [-0.39, 0.29) is 17.6 Å². The van der Waals surface area contributed by atoms with Gasteiger partial charge in [-0.2, -0.15) is 4.98 Å². The topological polar surface area (TPSA) is 92.5 Å². The van der Waals surface area contributed by atoms with E-state index < -0.39 is 0 Å². The predicted molar refractivity (Wildman–Crippen MR) is 103 cm³/mol. The molecule has 8 heteroatoms. The zero-order valence-electron chi connectivity index (χ0n) is 15.7. The molecule has 1 N–H and O–H groups in total. The smallest absolute Gasteiger partial charge is 0.291 e. The van der Waals surface area contributed by atoms with E-state index in [2.05, 4.69) is 20.4 Å². The molecule has 0 unspecified atom stereocenters. The summed E-state index contributed by atoms with van der Waals surface area (Å²) < 4.78 is 1.56. The highest BCUT2D eigenvalue weighted by Gasteiger charge is 2.24. The molecule has 3 heterocycles. The fourth-order valence-electron chi connectivity index (χ4n) is 3.42. The Bertz CT molecular complexity index is 992. The van der Waals surface area contributed by atoms with E-state index in [1.165, 1.54) is 0 Å².